The summed E-state index contributed by atoms with van der Waals surface area (Å²) in [6, 6.07) is 7.12. The summed E-state index contributed by atoms with van der Waals surface area (Å²) in [6.45, 7) is 11.5. The largest absolute Gasteiger partial charge is 0.495 e. The van der Waals surface area contributed by atoms with Gasteiger partial charge in [0.15, 0.2) is 16.6 Å². The number of hydrogen-bond acceptors (Lipinski definition) is 10. The highest BCUT2D eigenvalue weighted by molar-refractivity contribution is 7.22. The summed E-state index contributed by atoms with van der Waals surface area (Å²) in [5.74, 6) is 2.54. The number of nitrogens with zero attached hydrogens (tertiary/aromatic N) is 3. The van der Waals surface area contributed by atoms with Crippen molar-refractivity contribution in [2.24, 2.45) is 0 Å². The van der Waals surface area contributed by atoms with E-state index in [0.717, 1.165) is 44.0 Å². The maximum atomic E-state index is 14.2. The molecule has 1 aliphatic heterocycles. The number of ether oxygens (including phenoxy) is 6. The second-order valence-electron chi connectivity index (χ2n) is 9.01. The van der Waals surface area contributed by atoms with Crippen molar-refractivity contribution in [2.45, 2.75) is 27.2 Å². The number of rotatable bonds is 14. The third kappa shape index (κ3) is 6.71. The van der Waals surface area contributed by atoms with E-state index in [1.807, 2.05) is 32.9 Å². The number of benzene rings is 2. The second-order valence-corrected chi connectivity index (χ2v) is 9.99. The number of fused-ring (bicyclic) bond motifs is 1. The summed E-state index contributed by atoms with van der Waals surface area (Å²) in [5.41, 5.74) is 1.09. The lowest BCUT2D eigenvalue weighted by Gasteiger charge is -2.28. The fourth-order valence-corrected chi connectivity index (χ4v) is 5.72. The van der Waals surface area contributed by atoms with E-state index in [0.29, 0.717) is 71.3 Å². The zero-order valence-electron chi connectivity index (χ0n) is 24.0. The zero-order chi connectivity index (χ0) is 28.5. The standard InChI is InChI=1S/C29H39N3O7S/c1-6-37-23-18-20(19-24(38-7-2)26(23)39-8-3)28(33)32(13-9-12-31-14-16-36-17-15-31)29-30-25-21(34-4)10-11-22(35-5)27(25)40-29/h10-11,18-19H,6-9,12-17H2,1-5H3. The van der Waals surface area contributed by atoms with Gasteiger partial charge in [-0.1, -0.05) is 11.3 Å². The van der Waals surface area contributed by atoms with Crippen molar-refractivity contribution in [2.75, 3.05) is 78.3 Å². The highest BCUT2D eigenvalue weighted by Gasteiger charge is 2.27. The lowest BCUT2D eigenvalue weighted by Crippen LogP contribution is -2.39. The van der Waals surface area contributed by atoms with Crippen LogP contribution in [0.5, 0.6) is 28.7 Å². The third-order valence-corrected chi connectivity index (χ3v) is 7.58. The van der Waals surface area contributed by atoms with E-state index < -0.39 is 0 Å². The van der Waals surface area contributed by atoms with Crippen molar-refractivity contribution in [1.82, 2.24) is 9.88 Å². The number of amides is 1. The molecule has 1 aliphatic rings. The molecule has 0 N–H and O–H groups in total. The van der Waals surface area contributed by atoms with Gasteiger partial charge in [0.1, 0.15) is 21.7 Å². The van der Waals surface area contributed by atoms with Gasteiger partial charge in [0.2, 0.25) is 5.75 Å². The minimum Gasteiger partial charge on any atom is -0.495 e. The van der Waals surface area contributed by atoms with Crippen LogP contribution in [-0.4, -0.2) is 89.2 Å². The Bertz CT molecular complexity index is 1210. The minimum atomic E-state index is -0.205. The first-order chi connectivity index (χ1) is 19.5. The maximum Gasteiger partial charge on any atom is 0.260 e. The number of aromatic nitrogens is 1. The Morgan fingerprint density at radius 2 is 1.57 bits per heavy atom. The number of carbonyl (C=O) groups excluding carboxylic acids is 1. The van der Waals surface area contributed by atoms with Crippen LogP contribution >= 0.6 is 11.3 Å². The molecule has 4 rings (SSSR count). The second kappa shape index (κ2) is 14.4. The van der Waals surface area contributed by atoms with Crippen molar-refractivity contribution < 1.29 is 33.2 Å². The van der Waals surface area contributed by atoms with Crippen LogP contribution in [-0.2, 0) is 4.74 Å². The van der Waals surface area contributed by atoms with Crippen LogP contribution in [0, 0.1) is 0 Å². The molecule has 218 valence electrons. The number of carbonyl (C=O) groups is 1. The van der Waals surface area contributed by atoms with Gasteiger partial charge < -0.3 is 28.4 Å². The highest BCUT2D eigenvalue weighted by atomic mass is 32.1. The van der Waals surface area contributed by atoms with Crippen molar-refractivity contribution >= 4 is 32.6 Å². The molecule has 3 aromatic rings. The molecule has 1 amide bonds. The Kier molecular flexibility index (Phi) is 10.7. The van der Waals surface area contributed by atoms with Crippen molar-refractivity contribution in [1.29, 1.82) is 0 Å². The first kappa shape index (κ1) is 29.7. The van der Waals surface area contributed by atoms with Gasteiger partial charge in [-0.05, 0) is 51.5 Å². The highest BCUT2D eigenvalue weighted by Crippen LogP contribution is 2.42. The number of thiazole rings is 1. The Morgan fingerprint density at radius 3 is 2.17 bits per heavy atom. The van der Waals surface area contributed by atoms with Crippen LogP contribution in [0.2, 0.25) is 0 Å². The quantitative estimate of drug-likeness (QED) is 0.268. The summed E-state index contributed by atoms with van der Waals surface area (Å²) in [7, 11) is 3.23. The molecular formula is C29H39N3O7S. The Hall–Kier alpha value is -3.28. The van der Waals surface area contributed by atoms with Gasteiger partial charge in [-0.3, -0.25) is 14.6 Å². The van der Waals surface area contributed by atoms with Crippen LogP contribution in [0.25, 0.3) is 10.2 Å². The SMILES string of the molecule is CCOc1cc(C(=O)N(CCCN2CCOCC2)c2nc3c(OC)ccc(OC)c3s2)cc(OCC)c1OCC. The van der Waals surface area contributed by atoms with Crippen LogP contribution in [0.4, 0.5) is 5.13 Å². The zero-order valence-corrected chi connectivity index (χ0v) is 24.8. The molecular weight excluding hydrogens is 534 g/mol. The minimum absolute atomic E-state index is 0.205. The normalized spacial score (nSPS) is 13.7. The van der Waals surface area contributed by atoms with E-state index in [1.165, 1.54) is 11.3 Å². The molecule has 0 aliphatic carbocycles. The molecule has 0 unspecified atom stereocenters. The van der Waals surface area contributed by atoms with Crippen molar-refractivity contribution in [3.8, 4) is 28.7 Å². The topological polar surface area (TPSA) is 91.8 Å². The molecule has 0 bridgehead atoms. The molecule has 11 heteroatoms. The average molecular weight is 574 g/mol. The predicted octanol–water partition coefficient (Wildman–Crippen LogP) is 4.88. The molecule has 0 atom stereocenters. The van der Waals surface area contributed by atoms with E-state index in [9.17, 15) is 4.79 Å². The molecule has 10 nitrogen and oxygen atoms in total. The summed E-state index contributed by atoms with van der Waals surface area (Å²) in [4.78, 5) is 23.2. The van der Waals surface area contributed by atoms with Gasteiger partial charge in [0, 0.05) is 31.7 Å². The first-order valence-electron chi connectivity index (χ1n) is 13.7. The maximum absolute atomic E-state index is 14.2. The van der Waals surface area contributed by atoms with Gasteiger partial charge in [-0.25, -0.2) is 4.98 Å². The van der Waals surface area contributed by atoms with E-state index >= 15 is 0 Å². The number of anilines is 1. The molecule has 1 fully saturated rings. The smallest absolute Gasteiger partial charge is 0.260 e. The van der Waals surface area contributed by atoms with E-state index in [2.05, 4.69) is 4.90 Å². The van der Waals surface area contributed by atoms with Crippen LogP contribution in [0.15, 0.2) is 24.3 Å². The van der Waals surface area contributed by atoms with Crippen molar-refractivity contribution in [3.05, 3.63) is 29.8 Å². The first-order valence-corrected chi connectivity index (χ1v) is 14.6. The van der Waals surface area contributed by atoms with Crippen LogP contribution in [0.1, 0.15) is 37.6 Å². The molecule has 1 aromatic heterocycles. The molecule has 0 radical (unpaired) electrons. The number of morpholine rings is 1. The molecule has 0 saturated carbocycles. The van der Waals surface area contributed by atoms with Gasteiger partial charge in [0.25, 0.3) is 5.91 Å². The third-order valence-electron chi connectivity index (χ3n) is 6.49. The number of hydrogen-bond donors (Lipinski definition) is 0. The van der Waals surface area contributed by atoms with Crippen molar-refractivity contribution in [3.63, 3.8) is 0 Å². The molecule has 40 heavy (non-hydrogen) atoms. The molecule has 2 aromatic carbocycles. The summed E-state index contributed by atoms with van der Waals surface area (Å²) in [5, 5.41) is 0.564. The fourth-order valence-electron chi connectivity index (χ4n) is 4.62. The molecule has 0 spiro atoms. The lowest BCUT2D eigenvalue weighted by atomic mass is 10.1. The van der Waals surface area contributed by atoms with E-state index in [-0.39, 0.29) is 5.91 Å². The molecule has 1 saturated heterocycles. The predicted molar refractivity (Wildman–Crippen MR) is 156 cm³/mol. The van der Waals surface area contributed by atoms with Crippen LogP contribution < -0.4 is 28.6 Å². The Labute approximate surface area is 239 Å². The van der Waals surface area contributed by atoms with Gasteiger partial charge in [-0.15, -0.1) is 0 Å². The monoisotopic (exact) mass is 573 g/mol. The van der Waals surface area contributed by atoms with Crippen LogP contribution in [0.3, 0.4) is 0 Å². The Balaban J connectivity index is 1.74. The van der Waals surface area contributed by atoms with Gasteiger partial charge in [-0.2, -0.15) is 0 Å². The van der Waals surface area contributed by atoms with Gasteiger partial charge >= 0.3 is 0 Å². The lowest BCUT2D eigenvalue weighted by molar-refractivity contribution is 0.0376. The Morgan fingerprint density at radius 1 is 0.950 bits per heavy atom. The summed E-state index contributed by atoms with van der Waals surface area (Å²) in [6.07, 6.45) is 0.767. The molecule has 2 heterocycles. The fraction of sp³-hybridized carbons (Fsp3) is 0.517. The number of methoxy groups -OCH3 is 2. The van der Waals surface area contributed by atoms with E-state index in [4.69, 9.17) is 33.4 Å². The van der Waals surface area contributed by atoms with Gasteiger partial charge in [0.05, 0.1) is 47.3 Å². The summed E-state index contributed by atoms with van der Waals surface area (Å²) >= 11 is 1.40. The summed E-state index contributed by atoms with van der Waals surface area (Å²) < 4.78 is 35.1. The average Bonchev–Trinajstić information content (AvgIpc) is 3.42. The van der Waals surface area contributed by atoms with E-state index in [1.54, 1.807) is 31.3 Å².